The first-order valence-corrected chi connectivity index (χ1v) is 4.80. The Morgan fingerprint density at radius 2 is 2.08 bits per heavy atom. The van der Waals surface area contributed by atoms with Crippen LogP contribution in [0.2, 0.25) is 0 Å². The van der Waals surface area contributed by atoms with E-state index in [9.17, 15) is 4.39 Å². The topological polar surface area (TPSA) is 12.0 Å². The monoisotopic (exact) mass is 179 g/mol. The highest BCUT2D eigenvalue weighted by molar-refractivity contribution is 5.54. The molecule has 0 atom stereocenters. The van der Waals surface area contributed by atoms with E-state index in [1.54, 1.807) is 0 Å². The smallest absolute Gasteiger partial charge is 0.107 e. The molecule has 13 heavy (non-hydrogen) atoms. The second-order valence-electron chi connectivity index (χ2n) is 3.48. The number of rotatable bonds is 4. The predicted molar refractivity (Wildman–Crippen MR) is 52.9 cm³/mol. The third-order valence-electron chi connectivity index (χ3n) is 2.39. The van der Waals surface area contributed by atoms with Crippen LogP contribution in [-0.4, -0.2) is 13.2 Å². The van der Waals surface area contributed by atoms with Crippen molar-refractivity contribution in [3.63, 3.8) is 0 Å². The van der Waals surface area contributed by atoms with Gasteiger partial charge in [0.25, 0.3) is 0 Å². The fraction of sp³-hybridized carbons (Fsp3) is 0.455. The van der Waals surface area contributed by atoms with Crippen molar-refractivity contribution in [3.8, 4) is 0 Å². The average molecular weight is 179 g/mol. The lowest BCUT2D eigenvalue weighted by molar-refractivity contribution is 0.512. The fourth-order valence-corrected chi connectivity index (χ4v) is 1.59. The Hall–Kier alpha value is -1.05. The number of para-hydroxylation sites is 1. The number of benzene rings is 1. The van der Waals surface area contributed by atoms with Gasteiger partial charge in [-0.1, -0.05) is 18.2 Å². The molecule has 0 saturated heterocycles. The summed E-state index contributed by atoms with van der Waals surface area (Å²) >= 11 is 0. The van der Waals surface area contributed by atoms with Crippen LogP contribution in [0.5, 0.6) is 0 Å². The third-order valence-corrected chi connectivity index (χ3v) is 2.39. The minimum atomic E-state index is -0.307. The molecule has 0 heterocycles. The molecular formula is C11H14FN. The molecule has 0 aliphatic heterocycles. The van der Waals surface area contributed by atoms with Gasteiger partial charge in [0.1, 0.15) is 6.67 Å². The van der Waals surface area contributed by atoms with Gasteiger partial charge in [-0.25, -0.2) is 4.39 Å². The second-order valence-corrected chi connectivity index (χ2v) is 3.48. The van der Waals surface area contributed by atoms with Crippen LogP contribution in [0.4, 0.5) is 10.1 Å². The van der Waals surface area contributed by atoms with E-state index in [0.29, 0.717) is 6.54 Å². The number of nitrogens with one attached hydrogen (secondary N) is 1. The Morgan fingerprint density at radius 3 is 2.77 bits per heavy atom. The summed E-state index contributed by atoms with van der Waals surface area (Å²) < 4.78 is 12.0. The summed E-state index contributed by atoms with van der Waals surface area (Å²) in [5.41, 5.74) is 2.47. The second kappa shape index (κ2) is 3.77. The normalized spacial score (nSPS) is 15.8. The Bertz CT molecular complexity index is 281. The lowest BCUT2D eigenvalue weighted by Crippen LogP contribution is -2.04. The number of anilines is 1. The van der Waals surface area contributed by atoms with Gasteiger partial charge < -0.3 is 5.32 Å². The summed E-state index contributed by atoms with van der Waals surface area (Å²) in [6.45, 7) is 0.114. The molecule has 2 heteroatoms. The van der Waals surface area contributed by atoms with Gasteiger partial charge in [-0.15, -0.1) is 0 Å². The number of hydrogen-bond acceptors (Lipinski definition) is 1. The Labute approximate surface area is 78.0 Å². The van der Waals surface area contributed by atoms with E-state index in [4.69, 9.17) is 0 Å². The number of hydrogen-bond donors (Lipinski definition) is 1. The van der Waals surface area contributed by atoms with Crippen LogP contribution in [0.15, 0.2) is 24.3 Å². The van der Waals surface area contributed by atoms with Gasteiger partial charge in [0, 0.05) is 12.2 Å². The standard InChI is InChI=1S/C11H14FN/c12-7-8-13-11-4-2-1-3-10(11)9-5-6-9/h1-4,9,13H,5-8H2. The van der Waals surface area contributed by atoms with Crippen molar-refractivity contribution in [1.82, 2.24) is 0 Å². The van der Waals surface area contributed by atoms with Crippen LogP contribution in [-0.2, 0) is 0 Å². The molecule has 1 aromatic rings. The molecule has 1 nitrogen and oxygen atoms in total. The lowest BCUT2D eigenvalue weighted by atomic mass is 10.1. The Morgan fingerprint density at radius 1 is 1.31 bits per heavy atom. The van der Waals surface area contributed by atoms with Crippen molar-refractivity contribution in [1.29, 1.82) is 0 Å². The van der Waals surface area contributed by atoms with Crippen molar-refractivity contribution in [2.45, 2.75) is 18.8 Å². The molecule has 0 bridgehead atoms. The van der Waals surface area contributed by atoms with E-state index in [2.05, 4.69) is 11.4 Å². The molecule has 0 spiro atoms. The van der Waals surface area contributed by atoms with Crippen molar-refractivity contribution in [2.75, 3.05) is 18.5 Å². The maximum Gasteiger partial charge on any atom is 0.107 e. The minimum Gasteiger partial charge on any atom is -0.382 e. The third kappa shape index (κ3) is 2.00. The summed E-state index contributed by atoms with van der Waals surface area (Å²) in [6.07, 6.45) is 2.57. The van der Waals surface area contributed by atoms with Gasteiger partial charge in [-0.05, 0) is 30.4 Å². The Kier molecular flexibility index (Phi) is 2.48. The van der Waals surface area contributed by atoms with Crippen LogP contribution < -0.4 is 5.32 Å². The summed E-state index contributed by atoms with van der Waals surface area (Å²) in [4.78, 5) is 0. The molecule has 1 N–H and O–H groups in total. The van der Waals surface area contributed by atoms with E-state index in [-0.39, 0.29) is 6.67 Å². The van der Waals surface area contributed by atoms with Crippen LogP contribution in [0.1, 0.15) is 24.3 Å². The van der Waals surface area contributed by atoms with E-state index >= 15 is 0 Å². The van der Waals surface area contributed by atoms with E-state index in [0.717, 1.165) is 11.6 Å². The number of halogens is 1. The first-order valence-electron chi connectivity index (χ1n) is 4.80. The molecule has 2 rings (SSSR count). The zero-order valence-electron chi connectivity index (χ0n) is 7.59. The molecule has 1 aromatic carbocycles. The van der Waals surface area contributed by atoms with Gasteiger partial charge in [0.2, 0.25) is 0 Å². The zero-order valence-corrected chi connectivity index (χ0v) is 7.59. The van der Waals surface area contributed by atoms with Gasteiger partial charge in [-0.3, -0.25) is 0 Å². The quantitative estimate of drug-likeness (QED) is 0.749. The summed E-state index contributed by atoms with van der Waals surface area (Å²) in [6, 6.07) is 8.21. The van der Waals surface area contributed by atoms with Gasteiger partial charge in [0.15, 0.2) is 0 Å². The highest BCUT2D eigenvalue weighted by Crippen LogP contribution is 2.43. The summed E-state index contributed by atoms with van der Waals surface area (Å²) in [5.74, 6) is 0.725. The lowest BCUT2D eigenvalue weighted by Gasteiger charge is -2.09. The van der Waals surface area contributed by atoms with Crippen molar-refractivity contribution >= 4 is 5.69 Å². The first-order chi connectivity index (χ1) is 6.42. The maximum atomic E-state index is 12.0. The van der Waals surface area contributed by atoms with Crippen molar-refractivity contribution in [2.24, 2.45) is 0 Å². The molecule has 0 unspecified atom stereocenters. The molecule has 1 aliphatic carbocycles. The molecule has 0 radical (unpaired) electrons. The van der Waals surface area contributed by atoms with Crippen LogP contribution in [0, 0.1) is 0 Å². The minimum absolute atomic E-state index is 0.307. The summed E-state index contributed by atoms with van der Waals surface area (Å²) in [7, 11) is 0. The molecule has 1 aliphatic rings. The molecular weight excluding hydrogens is 165 g/mol. The largest absolute Gasteiger partial charge is 0.382 e. The molecule has 0 amide bonds. The highest BCUT2D eigenvalue weighted by Gasteiger charge is 2.25. The average Bonchev–Trinajstić information content (AvgIpc) is 2.98. The van der Waals surface area contributed by atoms with Crippen LogP contribution in [0.3, 0.4) is 0 Å². The van der Waals surface area contributed by atoms with E-state index < -0.39 is 0 Å². The van der Waals surface area contributed by atoms with Gasteiger partial charge in [-0.2, -0.15) is 0 Å². The SMILES string of the molecule is FCCNc1ccccc1C1CC1. The van der Waals surface area contributed by atoms with Gasteiger partial charge in [0.05, 0.1) is 0 Å². The molecule has 1 fully saturated rings. The fourth-order valence-electron chi connectivity index (χ4n) is 1.59. The number of alkyl halides is 1. The van der Waals surface area contributed by atoms with E-state index in [1.165, 1.54) is 18.4 Å². The Balaban J connectivity index is 2.12. The molecule has 1 saturated carbocycles. The van der Waals surface area contributed by atoms with Crippen molar-refractivity contribution < 1.29 is 4.39 Å². The summed E-state index contributed by atoms with van der Waals surface area (Å²) in [5, 5.41) is 3.11. The first kappa shape index (κ1) is 8.54. The van der Waals surface area contributed by atoms with Crippen LogP contribution in [0.25, 0.3) is 0 Å². The maximum absolute atomic E-state index is 12.0. The van der Waals surface area contributed by atoms with Crippen LogP contribution >= 0.6 is 0 Å². The van der Waals surface area contributed by atoms with Gasteiger partial charge >= 0.3 is 0 Å². The highest BCUT2D eigenvalue weighted by atomic mass is 19.1. The zero-order chi connectivity index (χ0) is 9.10. The predicted octanol–water partition coefficient (Wildman–Crippen LogP) is 2.95. The van der Waals surface area contributed by atoms with Crippen molar-refractivity contribution in [3.05, 3.63) is 29.8 Å². The van der Waals surface area contributed by atoms with E-state index in [1.807, 2.05) is 18.2 Å². The molecule has 70 valence electrons. The molecule has 0 aromatic heterocycles.